The first-order chi connectivity index (χ1) is 8.08. The summed E-state index contributed by atoms with van der Waals surface area (Å²) >= 11 is 3.15. The van der Waals surface area contributed by atoms with Crippen LogP contribution in [0.4, 0.5) is 5.82 Å². The first kappa shape index (κ1) is 11.7. The van der Waals surface area contributed by atoms with Crippen LogP contribution in [0.2, 0.25) is 0 Å². The van der Waals surface area contributed by atoms with Crippen LogP contribution in [0.5, 0.6) is 5.75 Å². The number of hydrogen-bond acceptors (Lipinski definition) is 3. The summed E-state index contributed by atoms with van der Waals surface area (Å²) in [6.45, 7) is 0. The van der Waals surface area contributed by atoms with Gasteiger partial charge in [0, 0.05) is 18.7 Å². The molecule has 6 heteroatoms. The minimum atomic E-state index is -0.295. The lowest BCUT2D eigenvalue weighted by Crippen LogP contribution is -2.14. The topological polar surface area (TPSA) is 67.2 Å². The number of rotatable bonds is 2. The molecule has 0 spiro atoms. The molecule has 0 radical (unpaired) electrons. The smallest absolute Gasteiger partial charge is 0.256 e. The van der Waals surface area contributed by atoms with Gasteiger partial charge in [-0.25, -0.2) is 0 Å². The van der Waals surface area contributed by atoms with E-state index in [2.05, 4.69) is 26.3 Å². The SMILES string of the molecule is Cn1nccc1NC(=O)c1ccc(Br)c(O)c1. The second-order valence-corrected chi connectivity index (χ2v) is 4.31. The molecule has 1 heterocycles. The summed E-state index contributed by atoms with van der Waals surface area (Å²) in [5.74, 6) is 0.330. The molecule has 0 saturated heterocycles. The second-order valence-electron chi connectivity index (χ2n) is 3.46. The van der Waals surface area contributed by atoms with Gasteiger partial charge in [0.25, 0.3) is 5.91 Å². The number of aryl methyl sites for hydroxylation is 1. The molecule has 2 rings (SSSR count). The van der Waals surface area contributed by atoms with Gasteiger partial charge < -0.3 is 10.4 Å². The van der Waals surface area contributed by atoms with E-state index in [9.17, 15) is 9.90 Å². The number of aromatic nitrogens is 2. The third kappa shape index (κ3) is 2.47. The lowest BCUT2D eigenvalue weighted by atomic mass is 10.2. The molecular formula is C11H10BrN3O2. The Balaban J connectivity index is 2.20. The summed E-state index contributed by atoms with van der Waals surface area (Å²) in [5, 5.41) is 16.1. The maximum atomic E-state index is 11.8. The second kappa shape index (κ2) is 4.58. The first-order valence-corrected chi connectivity index (χ1v) is 5.65. The molecule has 17 heavy (non-hydrogen) atoms. The van der Waals surface area contributed by atoms with Crippen molar-refractivity contribution < 1.29 is 9.90 Å². The number of benzene rings is 1. The lowest BCUT2D eigenvalue weighted by Gasteiger charge is -2.06. The molecule has 0 saturated carbocycles. The van der Waals surface area contributed by atoms with Crippen molar-refractivity contribution in [2.24, 2.45) is 7.05 Å². The molecule has 1 amide bonds. The Bertz CT molecular complexity index is 566. The van der Waals surface area contributed by atoms with Crippen LogP contribution in [0, 0.1) is 0 Å². The van der Waals surface area contributed by atoms with Crippen molar-refractivity contribution in [3.8, 4) is 5.75 Å². The Labute approximate surface area is 106 Å². The molecule has 5 nitrogen and oxygen atoms in total. The van der Waals surface area contributed by atoms with Gasteiger partial charge in [0.2, 0.25) is 0 Å². The maximum Gasteiger partial charge on any atom is 0.256 e. The van der Waals surface area contributed by atoms with E-state index in [0.29, 0.717) is 15.9 Å². The van der Waals surface area contributed by atoms with Crippen molar-refractivity contribution in [1.29, 1.82) is 0 Å². The lowest BCUT2D eigenvalue weighted by molar-refractivity contribution is 0.102. The molecule has 0 aliphatic rings. The van der Waals surface area contributed by atoms with Gasteiger partial charge in [-0.15, -0.1) is 0 Å². The molecule has 88 valence electrons. The zero-order valence-corrected chi connectivity index (χ0v) is 10.6. The number of phenols is 1. The summed E-state index contributed by atoms with van der Waals surface area (Å²) in [6.07, 6.45) is 1.59. The average Bonchev–Trinajstić information content (AvgIpc) is 2.68. The summed E-state index contributed by atoms with van der Waals surface area (Å²) in [6, 6.07) is 6.33. The number of amides is 1. The molecule has 1 aromatic carbocycles. The van der Waals surface area contributed by atoms with Crippen LogP contribution >= 0.6 is 15.9 Å². The van der Waals surface area contributed by atoms with Gasteiger partial charge in [0.1, 0.15) is 11.6 Å². The van der Waals surface area contributed by atoms with Gasteiger partial charge in [-0.2, -0.15) is 5.10 Å². The molecule has 0 atom stereocenters. The highest BCUT2D eigenvalue weighted by Gasteiger charge is 2.10. The van der Waals surface area contributed by atoms with Gasteiger partial charge in [0.05, 0.1) is 10.7 Å². The summed E-state index contributed by atoms with van der Waals surface area (Å²) in [4.78, 5) is 11.8. The van der Waals surface area contributed by atoms with E-state index in [1.54, 1.807) is 36.1 Å². The molecule has 2 N–H and O–H groups in total. The van der Waals surface area contributed by atoms with E-state index >= 15 is 0 Å². The Morgan fingerprint density at radius 2 is 2.24 bits per heavy atom. The normalized spacial score (nSPS) is 10.2. The van der Waals surface area contributed by atoms with E-state index in [4.69, 9.17) is 0 Å². The van der Waals surface area contributed by atoms with Crippen molar-refractivity contribution in [3.05, 3.63) is 40.5 Å². The summed E-state index contributed by atoms with van der Waals surface area (Å²) in [7, 11) is 1.73. The van der Waals surface area contributed by atoms with Gasteiger partial charge in [0.15, 0.2) is 0 Å². The quantitative estimate of drug-likeness (QED) is 0.892. The van der Waals surface area contributed by atoms with Crippen LogP contribution in [0.25, 0.3) is 0 Å². The molecule has 2 aromatic rings. The fourth-order valence-electron chi connectivity index (χ4n) is 1.34. The molecule has 0 aliphatic heterocycles. The number of halogens is 1. The number of nitrogens with zero attached hydrogens (tertiary/aromatic N) is 2. The van der Waals surface area contributed by atoms with E-state index < -0.39 is 0 Å². The molecule has 0 unspecified atom stereocenters. The number of carbonyl (C=O) groups excluding carboxylic acids is 1. The van der Waals surface area contributed by atoms with Crippen molar-refractivity contribution in [2.45, 2.75) is 0 Å². The van der Waals surface area contributed by atoms with Crippen LogP contribution in [0.1, 0.15) is 10.4 Å². The highest BCUT2D eigenvalue weighted by atomic mass is 79.9. The van der Waals surface area contributed by atoms with Gasteiger partial charge >= 0.3 is 0 Å². The minimum Gasteiger partial charge on any atom is -0.507 e. The third-order valence-corrected chi connectivity index (χ3v) is 2.94. The molecule has 1 aromatic heterocycles. The summed E-state index contributed by atoms with van der Waals surface area (Å²) < 4.78 is 2.10. The Morgan fingerprint density at radius 1 is 1.47 bits per heavy atom. The average molecular weight is 296 g/mol. The Hall–Kier alpha value is -1.82. The highest BCUT2D eigenvalue weighted by Crippen LogP contribution is 2.24. The number of aromatic hydroxyl groups is 1. The van der Waals surface area contributed by atoms with Crippen LogP contribution in [-0.2, 0) is 7.05 Å². The zero-order chi connectivity index (χ0) is 12.4. The van der Waals surface area contributed by atoms with E-state index in [1.165, 1.54) is 6.07 Å². The Kier molecular flexibility index (Phi) is 3.14. The highest BCUT2D eigenvalue weighted by molar-refractivity contribution is 9.10. The van der Waals surface area contributed by atoms with Crippen LogP contribution in [-0.4, -0.2) is 20.8 Å². The monoisotopic (exact) mass is 295 g/mol. The van der Waals surface area contributed by atoms with Gasteiger partial charge in [-0.1, -0.05) is 0 Å². The number of phenolic OH excluding ortho intramolecular Hbond substituents is 1. The van der Waals surface area contributed by atoms with Gasteiger partial charge in [-0.3, -0.25) is 9.48 Å². The standard InChI is InChI=1S/C11H10BrN3O2/c1-15-10(4-5-13-15)14-11(17)7-2-3-8(12)9(16)6-7/h2-6,16H,1H3,(H,14,17). The van der Waals surface area contributed by atoms with Crippen molar-refractivity contribution in [2.75, 3.05) is 5.32 Å². The molecule has 0 aliphatic carbocycles. The first-order valence-electron chi connectivity index (χ1n) is 4.86. The predicted octanol–water partition coefficient (Wildman–Crippen LogP) is 2.14. The molecular weight excluding hydrogens is 286 g/mol. The third-order valence-electron chi connectivity index (χ3n) is 2.27. The van der Waals surface area contributed by atoms with Crippen LogP contribution < -0.4 is 5.32 Å². The summed E-state index contributed by atoms with van der Waals surface area (Å²) in [5.41, 5.74) is 0.381. The van der Waals surface area contributed by atoms with Crippen molar-refractivity contribution in [1.82, 2.24) is 9.78 Å². The zero-order valence-electron chi connectivity index (χ0n) is 9.01. The fourth-order valence-corrected chi connectivity index (χ4v) is 1.59. The number of hydrogen-bond donors (Lipinski definition) is 2. The van der Waals surface area contributed by atoms with Gasteiger partial charge in [-0.05, 0) is 34.1 Å². The van der Waals surface area contributed by atoms with Crippen LogP contribution in [0.3, 0.4) is 0 Å². The largest absolute Gasteiger partial charge is 0.507 e. The number of carbonyl (C=O) groups is 1. The maximum absolute atomic E-state index is 11.8. The van der Waals surface area contributed by atoms with Crippen LogP contribution in [0.15, 0.2) is 34.9 Å². The van der Waals surface area contributed by atoms with Crippen molar-refractivity contribution >= 4 is 27.7 Å². The number of anilines is 1. The fraction of sp³-hybridized carbons (Fsp3) is 0.0909. The number of nitrogens with one attached hydrogen (secondary N) is 1. The molecule has 0 bridgehead atoms. The van der Waals surface area contributed by atoms with Crippen molar-refractivity contribution in [3.63, 3.8) is 0 Å². The minimum absolute atomic E-state index is 0.0302. The van der Waals surface area contributed by atoms with E-state index in [0.717, 1.165) is 0 Å². The predicted molar refractivity (Wildman–Crippen MR) is 67.0 cm³/mol. The van der Waals surface area contributed by atoms with E-state index in [-0.39, 0.29) is 11.7 Å². The van der Waals surface area contributed by atoms with E-state index in [1.807, 2.05) is 0 Å². The molecule has 0 fully saturated rings. The Morgan fingerprint density at radius 3 is 2.82 bits per heavy atom.